The van der Waals surface area contributed by atoms with E-state index in [1.807, 2.05) is 54.1 Å². The Morgan fingerprint density at radius 3 is 2.38 bits per heavy atom. The predicted octanol–water partition coefficient (Wildman–Crippen LogP) is 4.89. The highest BCUT2D eigenvalue weighted by Crippen LogP contribution is 2.36. The van der Waals surface area contributed by atoms with Crippen molar-refractivity contribution in [3.05, 3.63) is 117 Å². The fourth-order valence-electron chi connectivity index (χ4n) is 4.30. The van der Waals surface area contributed by atoms with Gasteiger partial charge in [0.05, 0.1) is 34.9 Å². The maximum absolute atomic E-state index is 12.7. The van der Waals surface area contributed by atoms with Crippen LogP contribution in [0.3, 0.4) is 0 Å². The van der Waals surface area contributed by atoms with Crippen LogP contribution in [0.1, 0.15) is 17.0 Å². The third kappa shape index (κ3) is 3.60. The molecule has 2 aromatic carbocycles. The van der Waals surface area contributed by atoms with Crippen molar-refractivity contribution in [2.75, 3.05) is 0 Å². The molecule has 0 aliphatic heterocycles. The lowest BCUT2D eigenvalue weighted by atomic mass is 9.84. The molecule has 0 radical (unpaired) electrons. The van der Waals surface area contributed by atoms with Gasteiger partial charge in [0.2, 0.25) is 0 Å². The monoisotopic (exact) mass is 489 g/mol. The van der Waals surface area contributed by atoms with E-state index in [4.69, 9.17) is 33.9 Å². The summed E-state index contributed by atoms with van der Waals surface area (Å²) < 4.78 is 3.45. The second kappa shape index (κ2) is 8.40. The maximum Gasteiger partial charge on any atom is 0.251 e. The molecule has 1 unspecified atom stereocenters. The molecule has 0 amide bonds. The third-order valence-corrected chi connectivity index (χ3v) is 6.64. The van der Waals surface area contributed by atoms with Gasteiger partial charge in [-0.15, -0.1) is 0 Å². The van der Waals surface area contributed by atoms with Gasteiger partial charge >= 0.3 is 0 Å². The molecule has 5 aromatic rings. The van der Waals surface area contributed by atoms with Crippen LogP contribution >= 0.6 is 23.2 Å². The quantitative estimate of drug-likeness (QED) is 0.389. The van der Waals surface area contributed by atoms with Gasteiger partial charge in [0.15, 0.2) is 0 Å². The fourth-order valence-corrected chi connectivity index (χ4v) is 4.62. The molecule has 170 valence electrons. The van der Waals surface area contributed by atoms with Crippen LogP contribution in [0.15, 0.2) is 84.0 Å². The van der Waals surface area contributed by atoms with Crippen molar-refractivity contribution < 1.29 is 0 Å². The van der Waals surface area contributed by atoms with Crippen LogP contribution in [0.2, 0.25) is 10.0 Å². The molecule has 3 heterocycles. The molecule has 3 aromatic heterocycles. The topological polar surface area (TPSA) is 78.7 Å². The van der Waals surface area contributed by atoms with Crippen molar-refractivity contribution in [1.29, 1.82) is 0 Å². The second-order valence-electron chi connectivity index (χ2n) is 8.23. The average Bonchev–Trinajstić information content (AvgIpc) is 3.27. The van der Waals surface area contributed by atoms with E-state index in [0.29, 0.717) is 32.3 Å². The van der Waals surface area contributed by atoms with E-state index < -0.39 is 5.54 Å². The fraction of sp³-hybridized carbons (Fsp3) is 0.115. The van der Waals surface area contributed by atoms with Gasteiger partial charge in [-0.3, -0.25) is 4.79 Å². The van der Waals surface area contributed by atoms with E-state index in [1.54, 1.807) is 48.4 Å². The van der Waals surface area contributed by atoms with E-state index in [1.165, 1.54) is 0 Å². The number of benzene rings is 2. The Hall–Kier alpha value is -3.45. The van der Waals surface area contributed by atoms with Gasteiger partial charge in [-0.2, -0.15) is 0 Å². The summed E-state index contributed by atoms with van der Waals surface area (Å²) in [5, 5.41) is 1.19. The van der Waals surface area contributed by atoms with Crippen molar-refractivity contribution in [3.63, 3.8) is 0 Å². The van der Waals surface area contributed by atoms with Crippen molar-refractivity contribution in [3.8, 4) is 11.1 Å². The third-order valence-electron chi connectivity index (χ3n) is 6.15. The zero-order valence-electron chi connectivity index (χ0n) is 18.5. The van der Waals surface area contributed by atoms with Crippen LogP contribution in [0.5, 0.6) is 0 Å². The van der Waals surface area contributed by atoms with Crippen LogP contribution < -0.4 is 11.3 Å². The summed E-state index contributed by atoms with van der Waals surface area (Å²) in [4.78, 5) is 22.1. The summed E-state index contributed by atoms with van der Waals surface area (Å²) in [7, 11) is 3.62. The van der Waals surface area contributed by atoms with Crippen LogP contribution in [0.4, 0.5) is 0 Å². The number of nitrogens with zero attached hydrogens (tertiary/aromatic N) is 4. The first-order chi connectivity index (χ1) is 16.3. The first kappa shape index (κ1) is 22.3. The van der Waals surface area contributed by atoms with E-state index in [0.717, 1.165) is 16.8 Å². The molecular weight excluding hydrogens is 469 g/mol. The molecule has 0 fully saturated rings. The van der Waals surface area contributed by atoms with Gasteiger partial charge in [-0.1, -0.05) is 47.5 Å². The average molecular weight is 490 g/mol. The highest BCUT2D eigenvalue weighted by Gasteiger charge is 2.36. The SMILES string of the molecule is Cn1cncc1C(N)(c1ccc(Cl)cc1)c1ccc2c(n1)c(-c1cccc(Cl)c1)cc(=O)n2C. The van der Waals surface area contributed by atoms with E-state index in [-0.39, 0.29) is 5.56 Å². The number of imidazole rings is 1. The van der Waals surface area contributed by atoms with Crippen molar-refractivity contribution >= 4 is 34.2 Å². The molecule has 0 aliphatic carbocycles. The van der Waals surface area contributed by atoms with Gasteiger partial charge in [0.1, 0.15) is 5.54 Å². The molecule has 34 heavy (non-hydrogen) atoms. The molecule has 6 nitrogen and oxygen atoms in total. The molecule has 8 heteroatoms. The van der Waals surface area contributed by atoms with E-state index in [9.17, 15) is 4.79 Å². The molecule has 0 aliphatic rings. The Balaban J connectivity index is 1.84. The summed E-state index contributed by atoms with van der Waals surface area (Å²) in [5.41, 5.74) is 10.9. The van der Waals surface area contributed by atoms with E-state index in [2.05, 4.69) is 4.98 Å². The van der Waals surface area contributed by atoms with Gasteiger partial charge in [-0.05, 0) is 47.5 Å². The minimum absolute atomic E-state index is 0.139. The number of pyridine rings is 2. The Kier molecular flexibility index (Phi) is 5.52. The number of hydrogen-bond acceptors (Lipinski definition) is 4. The number of hydrogen-bond donors (Lipinski definition) is 1. The number of rotatable bonds is 4. The van der Waals surface area contributed by atoms with Crippen LogP contribution in [0, 0.1) is 0 Å². The molecular formula is C26H21Cl2N5O. The normalized spacial score (nSPS) is 13.2. The first-order valence-electron chi connectivity index (χ1n) is 10.6. The van der Waals surface area contributed by atoms with Crippen LogP contribution in [0.25, 0.3) is 22.2 Å². The number of nitrogens with two attached hydrogens (primary N) is 1. The smallest absolute Gasteiger partial charge is 0.251 e. The number of aromatic nitrogens is 4. The maximum atomic E-state index is 12.7. The first-order valence-corrected chi connectivity index (χ1v) is 11.3. The van der Waals surface area contributed by atoms with Gasteiger partial charge in [0, 0.05) is 35.8 Å². The summed E-state index contributed by atoms with van der Waals surface area (Å²) >= 11 is 12.4. The molecule has 0 saturated carbocycles. The van der Waals surface area contributed by atoms with Crippen LogP contribution in [-0.4, -0.2) is 19.1 Å². The Morgan fingerprint density at radius 1 is 0.941 bits per heavy atom. The molecule has 2 N–H and O–H groups in total. The lowest BCUT2D eigenvalue weighted by Crippen LogP contribution is -2.41. The largest absolute Gasteiger partial charge is 0.335 e. The minimum atomic E-state index is -1.12. The van der Waals surface area contributed by atoms with Gasteiger partial charge < -0.3 is 14.9 Å². The minimum Gasteiger partial charge on any atom is -0.335 e. The van der Waals surface area contributed by atoms with Crippen LogP contribution in [-0.2, 0) is 19.6 Å². The molecule has 1 atom stereocenters. The van der Waals surface area contributed by atoms with Crippen molar-refractivity contribution in [1.82, 2.24) is 19.1 Å². The van der Waals surface area contributed by atoms with E-state index >= 15 is 0 Å². The highest BCUT2D eigenvalue weighted by atomic mass is 35.5. The lowest BCUT2D eigenvalue weighted by Gasteiger charge is -2.30. The second-order valence-corrected chi connectivity index (χ2v) is 9.11. The molecule has 0 spiro atoms. The van der Waals surface area contributed by atoms with Crippen molar-refractivity contribution in [2.24, 2.45) is 19.8 Å². The zero-order valence-corrected chi connectivity index (χ0v) is 20.0. The molecule has 0 bridgehead atoms. The van der Waals surface area contributed by atoms with Gasteiger partial charge in [0.25, 0.3) is 5.56 Å². The summed E-state index contributed by atoms with van der Waals surface area (Å²) in [6.07, 6.45) is 3.44. The van der Waals surface area contributed by atoms with Crippen molar-refractivity contribution in [2.45, 2.75) is 5.54 Å². The standard InChI is InChI=1S/C26H21Cl2N5O/c1-32-15-30-14-23(32)26(29,17-6-8-18(27)9-7-17)22-11-10-21-25(31-22)20(13-24(34)33(21)2)16-4-3-5-19(28)12-16/h3-15H,29H2,1-2H3. The lowest BCUT2D eigenvalue weighted by molar-refractivity contribution is 0.580. The highest BCUT2D eigenvalue weighted by molar-refractivity contribution is 6.31. The molecule has 5 rings (SSSR count). The van der Waals surface area contributed by atoms with Gasteiger partial charge in [-0.25, -0.2) is 9.97 Å². The Labute approximate surface area is 206 Å². The number of fused-ring (bicyclic) bond motifs is 1. The summed E-state index contributed by atoms with van der Waals surface area (Å²) in [6, 6.07) is 20.1. The predicted molar refractivity (Wildman–Crippen MR) is 136 cm³/mol. The molecule has 0 saturated heterocycles. The summed E-state index contributed by atoms with van der Waals surface area (Å²) in [5.74, 6) is 0. The number of halogens is 2. The number of aryl methyl sites for hydroxylation is 2. The summed E-state index contributed by atoms with van der Waals surface area (Å²) in [6.45, 7) is 0. The Bertz CT molecular complexity index is 1590. The zero-order chi connectivity index (χ0) is 24.0. The Morgan fingerprint density at radius 2 is 1.71 bits per heavy atom.